The first-order valence-corrected chi connectivity index (χ1v) is 10.8. The van der Waals surface area contributed by atoms with E-state index in [1.807, 2.05) is 0 Å². The second kappa shape index (κ2) is 7.10. The van der Waals surface area contributed by atoms with Gasteiger partial charge in [-0.2, -0.15) is 0 Å². The van der Waals surface area contributed by atoms with Gasteiger partial charge in [0.1, 0.15) is 0 Å². The highest BCUT2D eigenvalue weighted by molar-refractivity contribution is 5.60. The van der Waals surface area contributed by atoms with Crippen LogP contribution in [0.1, 0.15) is 80.8 Å². The molecule has 0 heterocycles. The standard InChI is InChI=1S/C25H31N/c1-2-4-19(5-3-1)20-8-12-23(13-9-20)26-24-14-10-21(11-15-24)25-17-18-6-7-22(25)16-18/h8-15,18-19,22,25-26H,1-7,16-17H2. The quantitative estimate of drug-likeness (QED) is 0.609. The van der Waals surface area contributed by atoms with Crippen molar-refractivity contribution >= 4 is 11.4 Å². The van der Waals surface area contributed by atoms with Crippen molar-refractivity contribution < 1.29 is 0 Å². The van der Waals surface area contributed by atoms with E-state index in [0.717, 1.165) is 23.7 Å². The van der Waals surface area contributed by atoms with Gasteiger partial charge in [-0.05, 0) is 91.2 Å². The molecule has 0 saturated heterocycles. The number of anilines is 2. The Bertz CT molecular complexity index is 724. The topological polar surface area (TPSA) is 12.0 Å². The molecule has 0 aliphatic heterocycles. The van der Waals surface area contributed by atoms with E-state index in [9.17, 15) is 0 Å². The van der Waals surface area contributed by atoms with Crippen molar-refractivity contribution in [3.8, 4) is 0 Å². The van der Waals surface area contributed by atoms with E-state index in [-0.39, 0.29) is 0 Å². The molecule has 136 valence electrons. The van der Waals surface area contributed by atoms with E-state index >= 15 is 0 Å². The number of benzene rings is 2. The molecule has 0 aromatic heterocycles. The van der Waals surface area contributed by atoms with Gasteiger partial charge < -0.3 is 5.32 Å². The van der Waals surface area contributed by atoms with Crippen LogP contribution in [0.15, 0.2) is 48.5 Å². The van der Waals surface area contributed by atoms with Crippen LogP contribution in [0.25, 0.3) is 0 Å². The molecule has 2 aromatic carbocycles. The van der Waals surface area contributed by atoms with E-state index in [4.69, 9.17) is 0 Å². The molecule has 1 N–H and O–H groups in total. The summed E-state index contributed by atoms with van der Waals surface area (Å²) in [7, 11) is 0. The molecule has 3 fully saturated rings. The zero-order chi connectivity index (χ0) is 17.3. The van der Waals surface area contributed by atoms with Crippen LogP contribution in [0.2, 0.25) is 0 Å². The predicted octanol–water partition coefficient (Wildman–Crippen LogP) is 7.38. The molecular formula is C25H31N. The number of hydrogen-bond acceptors (Lipinski definition) is 1. The minimum absolute atomic E-state index is 0.791. The third kappa shape index (κ3) is 3.29. The third-order valence-corrected chi connectivity index (χ3v) is 7.35. The zero-order valence-electron chi connectivity index (χ0n) is 15.8. The molecule has 0 spiro atoms. The van der Waals surface area contributed by atoms with Crippen molar-refractivity contribution in [2.75, 3.05) is 5.32 Å². The predicted molar refractivity (Wildman–Crippen MR) is 110 cm³/mol. The maximum absolute atomic E-state index is 3.59. The van der Waals surface area contributed by atoms with Crippen LogP contribution in [0.3, 0.4) is 0 Å². The molecule has 0 amide bonds. The fourth-order valence-corrected chi connectivity index (χ4v) is 5.91. The highest BCUT2D eigenvalue weighted by Crippen LogP contribution is 2.52. The minimum Gasteiger partial charge on any atom is -0.356 e. The molecule has 5 rings (SSSR count). The van der Waals surface area contributed by atoms with Gasteiger partial charge in [-0.25, -0.2) is 0 Å². The van der Waals surface area contributed by atoms with Crippen LogP contribution in [0.4, 0.5) is 11.4 Å². The van der Waals surface area contributed by atoms with Gasteiger partial charge in [-0.1, -0.05) is 49.9 Å². The van der Waals surface area contributed by atoms with E-state index in [1.165, 1.54) is 74.7 Å². The van der Waals surface area contributed by atoms with Gasteiger partial charge in [0.15, 0.2) is 0 Å². The lowest BCUT2D eigenvalue weighted by Gasteiger charge is -2.22. The molecule has 3 atom stereocenters. The molecule has 1 nitrogen and oxygen atoms in total. The Balaban J connectivity index is 1.23. The van der Waals surface area contributed by atoms with Gasteiger partial charge >= 0.3 is 0 Å². The van der Waals surface area contributed by atoms with Gasteiger partial charge in [0.05, 0.1) is 0 Å². The van der Waals surface area contributed by atoms with E-state index in [0.29, 0.717) is 0 Å². The fraction of sp³-hybridized carbons (Fsp3) is 0.520. The SMILES string of the molecule is c1cc(C2CCCCC2)ccc1Nc1ccc(C2CC3CCC2C3)cc1. The first kappa shape index (κ1) is 16.4. The molecule has 26 heavy (non-hydrogen) atoms. The smallest absolute Gasteiger partial charge is 0.0384 e. The maximum Gasteiger partial charge on any atom is 0.0384 e. The zero-order valence-corrected chi connectivity index (χ0v) is 15.8. The molecule has 2 bridgehead atoms. The fourth-order valence-electron chi connectivity index (χ4n) is 5.91. The second-order valence-corrected chi connectivity index (χ2v) is 8.99. The highest BCUT2D eigenvalue weighted by atomic mass is 14.9. The monoisotopic (exact) mass is 345 g/mol. The van der Waals surface area contributed by atoms with Gasteiger partial charge in [0, 0.05) is 11.4 Å². The Morgan fingerprint density at radius 3 is 1.85 bits per heavy atom. The first-order chi connectivity index (χ1) is 12.8. The lowest BCUT2D eigenvalue weighted by atomic mass is 9.83. The number of fused-ring (bicyclic) bond motifs is 2. The molecular weight excluding hydrogens is 314 g/mol. The normalized spacial score (nSPS) is 28.4. The Labute approximate surface area is 158 Å². The Hall–Kier alpha value is -1.76. The molecule has 2 aromatic rings. The van der Waals surface area contributed by atoms with Crippen LogP contribution >= 0.6 is 0 Å². The first-order valence-electron chi connectivity index (χ1n) is 10.8. The number of nitrogens with one attached hydrogen (secondary N) is 1. The molecule has 3 aliphatic rings. The number of rotatable bonds is 4. The summed E-state index contributed by atoms with van der Waals surface area (Å²) in [4.78, 5) is 0. The van der Waals surface area contributed by atoms with E-state index in [1.54, 1.807) is 5.56 Å². The van der Waals surface area contributed by atoms with Crippen LogP contribution < -0.4 is 5.32 Å². The van der Waals surface area contributed by atoms with Gasteiger partial charge in [0.25, 0.3) is 0 Å². The second-order valence-electron chi connectivity index (χ2n) is 8.99. The average Bonchev–Trinajstić information content (AvgIpc) is 3.34. The summed E-state index contributed by atoms with van der Waals surface area (Å²) in [6.07, 6.45) is 12.8. The van der Waals surface area contributed by atoms with Crippen molar-refractivity contribution in [3.05, 3.63) is 59.7 Å². The lowest BCUT2D eigenvalue weighted by Crippen LogP contribution is -2.08. The average molecular weight is 346 g/mol. The summed E-state index contributed by atoms with van der Waals surface area (Å²) < 4.78 is 0. The minimum atomic E-state index is 0.791. The van der Waals surface area contributed by atoms with Crippen molar-refractivity contribution in [1.29, 1.82) is 0 Å². The van der Waals surface area contributed by atoms with Gasteiger partial charge in [0.2, 0.25) is 0 Å². The molecule has 3 aliphatic carbocycles. The van der Waals surface area contributed by atoms with Crippen LogP contribution in [-0.4, -0.2) is 0 Å². The largest absolute Gasteiger partial charge is 0.356 e. The number of hydrogen-bond donors (Lipinski definition) is 1. The lowest BCUT2D eigenvalue weighted by molar-refractivity contribution is 0.420. The van der Waals surface area contributed by atoms with Crippen LogP contribution in [0.5, 0.6) is 0 Å². The van der Waals surface area contributed by atoms with Crippen molar-refractivity contribution in [2.45, 2.75) is 69.6 Å². The van der Waals surface area contributed by atoms with Crippen molar-refractivity contribution in [2.24, 2.45) is 11.8 Å². The van der Waals surface area contributed by atoms with Gasteiger partial charge in [-0.15, -0.1) is 0 Å². The van der Waals surface area contributed by atoms with Crippen LogP contribution in [0, 0.1) is 11.8 Å². The molecule has 0 radical (unpaired) electrons. The molecule has 1 heteroatoms. The highest BCUT2D eigenvalue weighted by Gasteiger charge is 2.39. The van der Waals surface area contributed by atoms with Crippen LogP contribution in [-0.2, 0) is 0 Å². The van der Waals surface area contributed by atoms with Gasteiger partial charge in [-0.3, -0.25) is 0 Å². The summed E-state index contributed by atoms with van der Waals surface area (Å²) >= 11 is 0. The Morgan fingerprint density at radius 1 is 0.615 bits per heavy atom. The maximum atomic E-state index is 3.59. The third-order valence-electron chi connectivity index (χ3n) is 7.35. The van der Waals surface area contributed by atoms with E-state index in [2.05, 4.69) is 53.8 Å². The molecule has 3 saturated carbocycles. The summed E-state index contributed by atoms with van der Waals surface area (Å²) in [5.41, 5.74) is 5.51. The summed E-state index contributed by atoms with van der Waals surface area (Å²) in [6, 6.07) is 18.5. The Morgan fingerprint density at radius 2 is 1.27 bits per heavy atom. The van der Waals surface area contributed by atoms with Crippen molar-refractivity contribution in [1.82, 2.24) is 0 Å². The summed E-state index contributed by atoms with van der Waals surface area (Å²) in [5.74, 6) is 3.60. The summed E-state index contributed by atoms with van der Waals surface area (Å²) in [5, 5.41) is 3.59. The molecule has 3 unspecified atom stereocenters. The Kier molecular flexibility index (Phi) is 4.48. The van der Waals surface area contributed by atoms with E-state index < -0.39 is 0 Å². The summed E-state index contributed by atoms with van der Waals surface area (Å²) in [6.45, 7) is 0. The van der Waals surface area contributed by atoms with Crippen molar-refractivity contribution in [3.63, 3.8) is 0 Å².